The van der Waals surface area contributed by atoms with E-state index in [0.29, 0.717) is 39.0 Å². The first-order valence-electron chi connectivity index (χ1n) is 13.2. The maximum Gasteiger partial charge on any atom is 0.491 e. The third-order valence-corrected chi connectivity index (χ3v) is 8.85. The van der Waals surface area contributed by atoms with Gasteiger partial charge in [0.15, 0.2) is 0 Å². The van der Waals surface area contributed by atoms with Crippen LogP contribution in [-0.4, -0.2) is 39.3 Å². The molecule has 41 heavy (non-hydrogen) atoms. The number of hydrogen-bond donors (Lipinski definition) is 2. The fourth-order valence-corrected chi connectivity index (χ4v) is 6.55. The molecule has 1 aromatic heterocycles. The Balaban J connectivity index is 1.39. The second kappa shape index (κ2) is 10.3. The van der Waals surface area contributed by atoms with E-state index in [9.17, 15) is 27.0 Å². The second-order valence-electron chi connectivity index (χ2n) is 10.6. The number of nitrogens with zero attached hydrogens (tertiary/aromatic N) is 1. The predicted molar refractivity (Wildman–Crippen MR) is 151 cm³/mol. The number of rotatable bonds is 9. The first-order valence-corrected chi connectivity index (χ1v) is 15.1. The van der Waals surface area contributed by atoms with E-state index in [1.807, 2.05) is 0 Å². The topological polar surface area (TPSA) is 123 Å². The van der Waals surface area contributed by atoms with Crippen molar-refractivity contribution in [2.24, 2.45) is 5.73 Å². The van der Waals surface area contributed by atoms with Gasteiger partial charge in [-0.1, -0.05) is 18.2 Å². The number of nitrogens with two attached hydrogens (primary N) is 1. The lowest BCUT2D eigenvalue weighted by Crippen LogP contribution is -2.32. The van der Waals surface area contributed by atoms with Gasteiger partial charge in [0.2, 0.25) is 10.0 Å². The highest BCUT2D eigenvalue weighted by atomic mass is 32.2. The van der Waals surface area contributed by atoms with Crippen molar-refractivity contribution < 1.29 is 36.1 Å². The molecule has 3 aromatic carbocycles. The maximum absolute atomic E-state index is 14.0. The molecule has 1 atom stereocenters. The van der Waals surface area contributed by atoms with Gasteiger partial charge in [0.1, 0.15) is 23.0 Å². The Hall–Kier alpha value is -3.74. The van der Waals surface area contributed by atoms with Gasteiger partial charge in [0.25, 0.3) is 5.91 Å². The van der Waals surface area contributed by atoms with Crippen molar-refractivity contribution in [1.29, 1.82) is 0 Å². The van der Waals surface area contributed by atoms with E-state index < -0.39 is 35.0 Å². The Labute approximate surface area is 235 Å². The Morgan fingerprint density at radius 3 is 2.44 bits per heavy atom. The Bertz CT molecular complexity index is 1770. The maximum atomic E-state index is 14.0. The van der Waals surface area contributed by atoms with Gasteiger partial charge < -0.3 is 19.8 Å². The molecule has 2 heterocycles. The van der Waals surface area contributed by atoms with Gasteiger partial charge in [-0.3, -0.25) is 9.10 Å². The molecule has 0 bridgehead atoms. The highest BCUT2D eigenvalue weighted by Crippen LogP contribution is 2.47. The van der Waals surface area contributed by atoms with Crippen LogP contribution < -0.4 is 15.5 Å². The molecule has 1 fully saturated rings. The minimum absolute atomic E-state index is 0.0107. The molecule has 6 rings (SSSR count). The van der Waals surface area contributed by atoms with Gasteiger partial charge in [-0.25, -0.2) is 17.2 Å². The minimum Gasteiger partial charge on any atom is -0.460 e. The molecular weight excluding hydrogens is 553 g/mol. The van der Waals surface area contributed by atoms with Gasteiger partial charge in [0.05, 0.1) is 23.6 Å². The summed E-state index contributed by atoms with van der Waals surface area (Å²) >= 11 is 0. The molecule has 0 radical (unpaired) electrons. The molecule has 1 saturated carbocycles. The number of sulfonamides is 1. The largest absolute Gasteiger partial charge is 0.491 e. The summed E-state index contributed by atoms with van der Waals surface area (Å²) in [6.45, 7) is -0.0107. The summed E-state index contributed by atoms with van der Waals surface area (Å²) in [5.41, 5.74) is 9.07. The van der Waals surface area contributed by atoms with Crippen LogP contribution in [0.1, 0.15) is 64.1 Å². The second-order valence-corrected chi connectivity index (χ2v) is 12.5. The third kappa shape index (κ3) is 5.34. The molecule has 4 aromatic rings. The van der Waals surface area contributed by atoms with Crippen molar-refractivity contribution in [2.75, 3.05) is 17.1 Å². The summed E-state index contributed by atoms with van der Waals surface area (Å²) in [4.78, 5) is 12.6. The lowest BCUT2D eigenvalue weighted by atomic mass is 9.79. The molecule has 0 spiro atoms. The van der Waals surface area contributed by atoms with E-state index in [1.54, 1.807) is 24.3 Å². The minimum atomic E-state index is -3.81. The average molecular weight is 580 g/mol. The number of hydrogen-bond acceptors (Lipinski definition) is 6. The van der Waals surface area contributed by atoms with E-state index in [4.69, 9.17) is 14.8 Å². The van der Waals surface area contributed by atoms with Crippen molar-refractivity contribution in [3.05, 3.63) is 94.2 Å². The average Bonchev–Trinajstić information content (AvgIpc) is 3.62. The summed E-state index contributed by atoms with van der Waals surface area (Å²) in [6.07, 6.45) is 2.45. The normalized spacial score (nSPS) is 16.8. The lowest BCUT2D eigenvalue weighted by molar-refractivity contribution is 0.1000. The van der Waals surface area contributed by atoms with Crippen LogP contribution in [0.2, 0.25) is 0 Å². The van der Waals surface area contributed by atoms with Gasteiger partial charge in [-0.15, -0.1) is 0 Å². The zero-order chi connectivity index (χ0) is 29.1. The van der Waals surface area contributed by atoms with Crippen LogP contribution in [-0.2, 0) is 21.1 Å². The molecule has 1 unspecified atom stereocenters. The fraction of sp³-hybridized carbons (Fsp3) is 0.276. The van der Waals surface area contributed by atoms with Gasteiger partial charge in [0, 0.05) is 24.4 Å². The monoisotopic (exact) mass is 580 g/mol. The number of anilines is 1. The summed E-state index contributed by atoms with van der Waals surface area (Å²) in [5.74, 6) is -1.16. The molecule has 1 amide bonds. The molecule has 0 saturated heterocycles. The fourth-order valence-electron chi connectivity index (χ4n) is 5.59. The molecule has 3 N–H and O–H groups in total. The van der Waals surface area contributed by atoms with Crippen molar-refractivity contribution >= 4 is 45.2 Å². The Morgan fingerprint density at radius 2 is 1.78 bits per heavy atom. The number of benzene rings is 3. The van der Waals surface area contributed by atoms with Crippen LogP contribution in [0.15, 0.2) is 59.0 Å². The number of primary amides is 1. The summed E-state index contributed by atoms with van der Waals surface area (Å²) in [6, 6.07) is 13.2. The predicted octanol–water partition coefficient (Wildman–Crippen LogP) is 3.89. The first kappa shape index (κ1) is 27.4. The zero-order valence-corrected chi connectivity index (χ0v) is 23.0. The van der Waals surface area contributed by atoms with Crippen molar-refractivity contribution in [1.82, 2.24) is 0 Å². The molecule has 1 aliphatic carbocycles. The summed E-state index contributed by atoms with van der Waals surface area (Å²) in [7, 11) is -5.03. The highest BCUT2D eigenvalue weighted by Gasteiger charge is 2.37. The van der Waals surface area contributed by atoms with E-state index in [-0.39, 0.29) is 36.7 Å². The number of amides is 1. The van der Waals surface area contributed by atoms with E-state index in [2.05, 4.69) is 0 Å². The molecular formula is C29H27BF2N2O6S. The SMILES string of the molecule is CS(=O)(=O)N(CCC1OB(O)c2ccc(F)cc21)c1cc2oc(Cc3ccc(F)cc3)c(C(N)=O)c2cc1C1CC1. The van der Waals surface area contributed by atoms with Crippen LogP contribution in [0, 0.1) is 11.6 Å². The number of halogens is 2. The van der Waals surface area contributed by atoms with Crippen molar-refractivity contribution in [3.63, 3.8) is 0 Å². The summed E-state index contributed by atoms with van der Waals surface area (Å²) in [5, 5.41) is 10.8. The molecule has 1 aliphatic heterocycles. The number of fused-ring (bicyclic) bond motifs is 2. The van der Waals surface area contributed by atoms with Crippen molar-refractivity contribution in [2.45, 2.75) is 37.7 Å². The smallest absolute Gasteiger partial charge is 0.460 e. The lowest BCUT2D eigenvalue weighted by Gasteiger charge is -2.26. The number of carbonyl (C=O) groups excluding carboxylic acids is 1. The third-order valence-electron chi connectivity index (χ3n) is 7.67. The molecule has 212 valence electrons. The molecule has 2 aliphatic rings. The Kier molecular flexibility index (Phi) is 6.87. The standard InChI is InChI=1S/C29H27BF2N2O6S/c1-41(37,38)34(11-10-25-21-13-19(32)8-9-23(21)30(36)40-25)24-15-26-22(14-20(24)17-4-5-17)28(29(33)35)27(39-26)12-16-2-6-18(31)7-3-16/h2-3,6-9,13-15,17,25,36H,4-5,10-12H2,1H3,(H2,33,35). The van der Waals surface area contributed by atoms with Crippen LogP contribution in [0.4, 0.5) is 14.5 Å². The van der Waals surface area contributed by atoms with Crippen LogP contribution in [0.3, 0.4) is 0 Å². The number of furan rings is 1. The molecule has 8 nitrogen and oxygen atoms in total. The van der Waals surface area contributed by atoms with Gasteiger partial charge in [-0.05, 0) is 77.7 Å². The van der Waals surface area contributed by atoms with Crippen LogP contribution in [0.5, 0.6) is 0 Å². The van der Waals surface area contributed by atoms with Gasteiger partial charge in [-0.2, -0.15) is 0 Å². The quantitative estimate of drug-likeness (QED) is 0.290. The van der Waals surface area contributed by atoms with E-state index in [0.717, 1.165) is 24.7 Å². The Morgan fingerprint density at radius 1 is 1.07 bits per heavy atom. The van der Waals surface area contributed by atoms with Crippen molar-refractivity contribution in [3.8, 4) is 0 Å². The van der Waals surface area contributed by atoms with E-state index >= 15 is 0 Å². The van der Waals surface area contributed by atoms with Crippen LogP contribution in [0.25, 0.3) is 11.0 Å². The molecule has 12 heteroatoms. The van der Waals surface area contributed by atoms with Gasteiger partial charge >= 0.3 is 7.12 Å². The zero-order valence-electron chi connectivity index (χ0n) is 22.1. The highest BCUT2D eigenvalue weighted by molar-refractivity contribution is 7.92. The summed E-state index contributed by atoms with van der Waals surface area (Å²) < 4.78 is 66.6. The number of carbonyl (C=O) groups is 1. The van der Waals surface area contributed by atoms with Crippen LogP contribution >= 0.6 is 0 Å². The first-order chi connectivity index (χ1) is 19.5. The van der Waals surface area contributed by atoms with E-state index in [1.165, 1.54) is 34.6 Å².